The van der Waals surface area contributed by atoms with Gasteiger partial charge in [0.2, 0.25) is 0 Å². The van der Waals surface area contributed by atoms with Crippen LogP contribution in [0, 0.1) is 6.92 Å². The fourth-order valence-corrected chi connectivity index (χ4v) is 2.89. The highest BCUT2D eigenvalue weighted by Gasteiger charge is 2.23. The maximum atomic E-state index is 11.9. The van der Waals surface area contributed by atoms with E-state index in [1.165, 1.54) is 11.3 Å². The van der Waals surface area contributed by atoms with Crippen LogP contribution in [0.2, 0.25) is 0 Å². The third kappa shape index (κ3) is 3.57. The van der Waals surface area contributed by atoms with Crippen molar-refractivity contribution in [3.05, 3.63) is 50.6 Å². The van der Waals surface area contributed by atoms with E-state index in [0.29, 0.717) is 30.5 Å². The Morgan fingerprint density at radius 1 is 1.36 bits per heavy atom. The smallest absolute Gasteiger partial charge is 0.307 e. The van der Waals surface area contributed by atoms with E-state index >= 15 is 0 Å². The van der Waals surface area contributed by atoms with Gasteiger partial charge in [-0.3, -0.25) is 14.2 Å². The maximum absolute atomic E-state index is 11.9. The molecule has 1 saturated carbocycles. The Morgan fingerprint density at radius 2 is 2.09 bits per heavy atom. The first kappa shape index (κ1) is 14.8. The number of amides is 1. The molecule has 2 aromatic rings. The Balaban J connectivity index is 1.52. The van der Waals surface area contributed by atoms with Crippen molar-refractivity contribution in [3.63, 3.8) is 0 Å². The number of thiazole rings is 1. The van der Waals surface area contributed by atoms with Crippen molar-refractivity contribution in [2.45, 2.75) is 32.4 Å². The van der Waals surface area contributed by atoms with Gasteiger partial charge in [0, 0.05) is 22.7 Å². The molecule has 1 amide bonds. The van der Waals surface area contributed by atoms with E-state index in [-0.39, 0.29) is 10.8 Å². The van der Waals surface area contributed by atoms with Crippen molar-refractivity contribution < 1.29 is 9.53 Å². The average molecular weight is 318 g/mol. The van der Waals surface area contributed by atoms with Crippen LogP contribution in [0.15, 0.2) is 34.4 Å². The number of aryl methyl sites for hydroxylation is 1. The predicted molar refractivity (Wildman–Crippen MR) is 85.7 cm³/mol. The van der Waals surface area contributed by atoms with Crippen LogP contribution in [0.4, 0.5) is 0 Å². The quantitative estimate of drug-likeness (QED) is 0.888. The molecule has 0 radical (unpaired) electrons. The SMILES string of the molecule is Cc1csc(=O)n1CCOc1ccc(C(=O)NC2CC2)cc1. The van der Waals surface area contributed by atoms with Crippen LogP contribution in [-0.4, -0.2) is 23.1 Å². The van der Waals surface area contributed by atoms with Crippen LogP contribution < -0.4 is 14.9 Å². The van der Waals surface area contributed by atoms with Crippen LogP contribution in [-0.2, 0) is 6.54 Å². The van der Waals surface area contributed by atoms with Crippen molar-refractivity contribution in [3.8, 4) is 5.75 Å². The molecule has 0 unspecified atom stereocenters. The highest BCUT2D eigenvalue weighted by molar-refractivity contribution is 7.07. The summed E-state index contributed by atoms with van der Waals surface area (Å²) < 4.78 is 7.33. The minimum atomic E-state index is -0.0329. The number of hydrogen-bond donors (Lipinski definition) is 1. The standard InChI is InChI=1S/C16H18N2O3S/c1-11-10-22-16(20)18(11)8-9-21-14-6-2-12(3-7-14)15(19)17-13-4-5-13/h2-3,6-7,10,13H,4-5,8-9H2,1H3,(H,17,19). The van der Waals surface area contributed by atoms with E-state index in [4.69, 9.17) is 4.74 Å². The lowest BCUT2D eigenvalue weighted by Gasteiger charge is -2.08. The van der Waals surface area contributed by atoms with E-state index in [2.05, 4.69) is 5.32 Å². The molecule has 0 aliphatic heterocycles. The number of benzene rings is 1. The Morgan fingerprint density at radius 3 is 2.68 bits per heavy atom. The van der Waals surface area contributed by atoms with Crippen LogP contribution in [0.25, 0.3) is 0 Å². The van der Waals surface area contributed by atoms with Crippen LogP contribution in [0.3, 0.4) is 0 Å². The van der Waals surface area contributed by atoms with Gasteiger partial charge >= 0.3 is 4.87 Å². The molecule has 1 fully saturated rings. The summed E-state index contributed by atoms with van der Waals surface area (Å²) in [6.07, 6.45) is 2.16. The monoisotopic (exact) mass is 318 g/mol. The molecule has 0 bridgehead atoms. The topological polar surface area (TPSA) is 60.3 Å². The first-order valence-electron chi connectivity index (χ1n) is 7.32. The van der Waals surface area contributed by atoms with E-state index in [0.717, 1.165) is 18.5 Å². The molecule has 5 nitrogen and oxygen atoms in total. The number of aromatic nitrogens is 1. The van der Waals surface area contributed by atoms with Gasteiger partial charge in [0.15, 0.2) is 0 Å². The lowest BCUT2D eigenvalue weighted by Crippen LogP contribution is -2.25. The van der Waals surface area contributed by atoms with E-state index in [1.54, 1.807) is 28.8 Å². The van der Waals surface area contributed by atoms with Gasteiger partial charge in [-0.05, 0) is 44.0 Å². The molecular formula is C16H18N2O3S. The fourth-order valence-electron chi connectivity index (χ4n) is 2.13. The van der Waals surface area contributed by atoms with Crippen LogP contribution in [0.5, 0.6) is 5.75 Å². The highest BCUT2D eigenvalue weighted by Crippen LogP contribution is 2.20. The van der Waals surface area contributed by atoms with Gasteiger partial charge in [-0.2, -0.15) is 0 Å². The number of ether oxygens (including phenoxy) is 1. The number of carbonyl (C=O) groups is 1. The fraction of sp³-hybridized carbons (Fsp3) is 0.375. The second-order valence-electron chi connectivity index (χ2n) is 5.42. The Labute approximate surface area is 132 Å². The molecule has 22 heavy (non-hydrogen) atoms. The van der Waals surface area contributed by atoms with Crippen LogP contribution in [0.1, 0.15) is 28.9 Å². The summed E-state index contributed by atoms with van der Waals surface area (Å²) >= 11 is 1.20. The molecule has 1 aromatic heterocycles. The zero-order chi connectivity index (χ0) is 15.5. The number of hydrogen-bond acceptors (Lipinski definition) is 4. The summed E-state index contributed by atoms with van der Waals surface area (Å²) in [5.41, 5.74) is 1.59. The molecule has 1 aliphatic carbocycles. The van der Waals surface area contributed by atoms with Crippen molar-refractivity contribution >= 4 is 17.2 Å². The van der Waals surface area contributed by atoms with Crippen molar-refractivity contribution in [1.82, 2.24) is 9.88 Å². The first-order valence-corrected chi connectivity index (χ1v) is 8.20. The molecule has 116 valence electrons. The zero-order valence-corrected chi connectivity index (χ0v) is 13.2. The largest absolute Gasteiger partial charge is 0.492 e. The molecule has 0 saturated heterocycles. The van der Waals surface area contributed by atoms with Gasteiger partial charge in [0.1, 0.15) is 12.4 Å². The molecular weight excluding hydrogens is 300 g/mol. The Kier molecular flexibility index (Phi) is 4.29. The van der Waals surface area contributed by atoms with Gasteiger partial charge in [0.05, 0.1) is 6.54 Å². The van der Waals surface area contributed by atoms with E-state index in [1.807, 2.05) is 12.3 Å². The second-order valence-corrected chi connectivity index (χ2v) is 6.24. The van der Waals surface area contributed by atoms with E-state index < -0.39 is 0 Å². The summed E-state index contributed by atoms with van der Waals surface area (Å²) in [6.45, 7) is 2.86. The number of rotatable bonds is 6. The van der Waals surface area contributed by atoms with Gasteiger partial charge in [-0.1, -0.05) is 11.3 Å². The van der Waals surface area contributed by atoms with Crippen LogP contribution >= 0.6 is 11.3 Å². The zero-order valence-electron chi connectivity index (χ0n) is 12.4. The summed E-state index contributed by atoms with van der Waals surface area (Å²) in [6, 6.07) is 7.44. The lowest BCUT2D eigenvalue weighted by molar-refractivity contribution is 0.0951. The molecule has 0 spiro atoms. The summed E-state index contributed by atoms with van der Waals surface area (Å²) in [4.78, 5) is 23.5. The lowest BCUT2D eigenvalue weighted by atomic mass is 10.2. The number of carbonyl (C=O) groups excluding carboxylic acids is 1. The molecule has 3 rings (SSSR count). The third-order valence-electron chi connectivity index (χ3n) is 3.59. The third-order valence-corrected chi connectivity index (χ3v) is 4.47. The normalized spacial score (nSPS) is 13.9. The van der Waals surface area contributed by atoms with Crippen molar-refractivity contribution in [2.24, 2.45) is 0 Å². The molecule has 1 N–H and O–H groups in total. The second kappa shape index (κ2) is 6.36. The minimum Gasteiger partial charge on any atom is -0.492 e. The van der Waals surface area contributed by atoms with Crippen molar-refractivity contribution in [2.75, 3.05) is 6.61 Å². The summed E-state index contributed by atoms with van der Waals surface area (Å²) in [7, 11) is 0. The molecule has 1 aliphatic rings. The molecule has 1 aromatic carbocycles. The first-order chi connectivity index (χ1) is 10.6. The van der Waals surface area contributed by atoms with Gasteiger partial charge in [0.25, 0.3) is 5.91 Å². The number of nitrogens with zero attached hydrogens (tertiary/aromatic N) is 1. The van der Waals surface area contributed by atoms with Gasteiger partial charge in [-0.15, -0.1) is 0 Å². The molecule has 0 atom stereocenters. The Hall–Kier alpha value is -2.08. The summed E-state index contributed by atoms with van der Waals surface area (Å²) in [5, 5.41) is 4.79. The molecule has 6 heteroatoms. The van der Waals surface area contributed by atoms with Gasteiger partial charge < -0.3 is 10.1 Å². The average Bonchev–Trinajstić information content (AvgIpc) is 3.27. The maximum Gasteiger partial charge on any atom is 0.307 e. The van der Waals surface area contributed by atoms with Gasteiger partial charge in [-0.25, -0.2) is 0 Å². The van der Waals surface area contributed by atoms with Crippen molar-refractivity contribution in [1.29, 1.82) is 0 Å². The number of nitrogens with one attached hydrogen (secondary N) is 1. The van der Waals surface area contributed by atoms with E-state index in [9.17, 15) is 9.59 Å². The highest BCUT2D eigenvalue weighted by atomic mass is 32.1. The Bertz CT molecular complexity index is 714. The molecule has 1 heterocycles. The predicted octanol–water partition coefficient (Wildman–Crippen LogP) is 2.19. The summed E-state index contributed by atoms with van der Waals surface area (Å²) in [5.74, 6) is 0.665. The minimum absolute atomic E-state index is 0.0329.